The van der Waals surface area contributed by atoms with Crippen LogP contribution in [0.2, 0.25) is 0 Å². The lowest BCUT2D eigenvalue weighted by Gasteiger charge is -2.21. The monoisotopic (exact) mass is 599 g/mol. The molecule has 1 rings (SSSR count). The summed E-state index contributed by atoms with van der Waals surface area (Å²) in [4.78, 5) is 0. The highest BCUT2D eigenvalue weighted by Crippen LogP contribution is 2.30. The van der Waals surface area contributed by atoms with Gasteiger partial charge < -0.3 is 9.47 Å². The van der Waals surface area contributed by atoms with E-state index in [0.717, 1.165) is 32.0 Å². The highest BCUT2D eigenvalue weighted by Gasteiger charge is 2.33. The summed E-state index contributed by atoms with van der Waals surface area (Å²) in [5, 5.41) is 0. The molecule has 250 valence electrons. The molecule has 0 aliphatic heterocycles. The highest BCUT2D eigenvalue weighted by molar-refractivity contribution is 4.93. The molecule has 0 aromatic carbocycles. The topological polar surface area (TPSA) is 18.5 Å². The van der Waals surface area contributed by atoms with Gasteiger partial charge in [0, 0.05) is 13.2 Å². The van der Waals surface area contributed by atoms with Crippen molar-refractivity contribution in [2.45, 2.75) is 193 Å². The van der Waals surface area contributed by atoms with Gasteiger partial charge in [0.05, 0.1) is 12.2 Å². The smallest absolute Gasteiger partial charge is 0.0839 e. The molecule has 0 heterocycles. The van der Waals surface area contributed by atoms with E-state index in [1.165, 1.54) is 148 Å². The molecule has 43 heavy (non-hydrogen) atoms. The van der Waals surface area contributed by atoms with Crippen LogP contribution in [0.3, 0.4) is 0 Å². The van der Waals surface area contributed by atoms with Gasteiger partial charge in [-0.05, 0) is 95.8 Å². The van der Waals surface area contributed by atoms with Crippen molar-refractivity contribution < 1.29 is 9.47 Å². The first-order valence-electron chi connectivity index (χ1n) is 19.1. The van der Waals surface area contributed by atoms with Crippen LogP contribution in [0.15, 0.2) is 48.6 Å². The Kier molecular flexibility index (Phi) is 30.0. The van der Waals surface area contributed by atoms with E-state index >= 15 is 0 Å². The third-order valence-corrected chi connectivity index (χ3v) is 8.79. The molecule has 0 amide bonds. The number of hydrogen-bond donors (Lipinski definition) is 0. The van der Waals surface area contributed by atoms with Gasteiger partial charge in [-0.1, -0.05) is 140 Å². The maximum Gasteiger partial charge on any atom is 0.0839 e. The minimum atomic E-state index is 0.324. The molecular formula is C41H74O2. The van der Waals surface area contributed by atoms with E-state index in [9.17, 15) is 0 Å². The average molecular weight is 599 g/mol. The molecule has 1 fully saturated rings. The number of rotatable bonds is 31. The van der Waals surface area contributed by atoms with E-state index < -0.39 is 0 Å². The van der Waals surface area contributed by atoms with Gasteiger partial charge in [-0.3, -0.25) is 0 Å². The van der Waals surface area contributed by atoms with Gasteiger partial charge in [-0.25, -0.2) is 0 Å². The number of ether oxygens (including phenoxy) is 2. The van der Waals surface area contributed by atoms with Crippen LogP contribution in [0.5, 0.6) is 0 Å². The molecule has 1 saturated carbocycles. The number of hydrogen-bond acceptors (Lipinski definition) is 2. The van der Waals surface area contributed by atoms with Crippen molar-refractivity contribution in [3.8, 4) is 0 Å². The van der Waals surface area contributed by atoms with Gasteiger partial charge in [0.1, 0.15) is 0 Å². The molecule has 0 saturated heterocycles. The molecule has 2 heteroatoms. The first-order valence-corrected chi connectivity index (χ1v) is 19.1. The Morgan fingerprint density at radius 1 is 0.419 bits per heavy atom. The van der Waals surface area contributed by atoms with Gasteiger partial charge in [0.2, 0.25) is 0 Å². The van der Waals surface area contributed by atoms with Crippen LogP contribution in [0.1, 0.15) is 181 Å². The predicted molar refractivity (Wildman–Crippen MR) is 192 cm³/mol. The Balaban J connectivity index is 1.91. The quantitative estimate of drug-likeness (QED) is 0.0583. The molecule has 0 spiro atoms. The first-order chi connectivity index (χ1) is 21.3. The van der Waals surface area contributed by atoms with Gasteiger partial charge in [0.25, 0.3) is 0 Å². The highest BCUT2D eigenvalue weighted by atomic mass is 16.5. The molecule has 0 N–H and O–H groups in total. The summed E-state index contributed by atoms with van der Waals surface area (Å²) in [7, 11) is 0. The average Bonchev–Trinajstić information content (AvgIpc) is 3.37. The summed E-state index contributed by atoms with van der Waals surface area (Å²) >= 11 is 0. The second-order valence-corrected chi connectivity index (χ2v) is 13.2. The largest absolute Gasteiger partial charge is 0.376 e. The number of unbranched alkanes of at least 4 members (excludes halogenated alkanes) is 17. The molecular weight excluding hydrogens is 524 g/mol. The van der Waals surface area contributed by atoms with Crippen LogP contribution in [0.25, 0.3) is 0 Å². The summed E-state index contributed by atoms with van der Waals surface area (Å²) in [5.74, 6) is 0.732. The Morgan fingerprint density at radius 3 is 1.12 bits per heavy atom. The van der Waals surface area contributed by atoms with Crippen LogP contribution in [-0.2, 0) is 9.47 Å². The maximum absolute atomic E-state index is 6.33. The van der Waals surface area contributed by atoms with Crippen LogP contribution in [0, 0.1) is 5.92 Å². The molecule has 0 unspecified atom stereocenters. The van der Waals surface area contributed by atoms with Crippen molar-refractivity contribution in [2.75, 3.05) is 13.2 Å². The van der Waals surface area contributed by atoms with Crippen molar-refractivity contribution in [1.82, 2.24) is 0 Å². The molecule has 1 aliphatic rings. The molecule has 2 nitrogen and oxygen atoms in total. The van der Waals surface area contributed by atoms with Gasteiger partial charge in [-0.2, -0.15) is 0 Å². The number of allylic oxidation sites excluding steroid dienone is 8. The minimum absolute atomic E-state index is 0.324. The molecule has 0 aromatic heterocycles. The Labute approximate surface area is 270 Å². The fraction of sp³-hybridized carbons (Fsp3) is 0.805. The maximum atomic E-state index is 6.33. The van der Waals surface area contributed by atoms with Gasteiger partial charge in [-0.15, -0.1) is 0 Å². The molecule has 1 aliphatic carbocycles. The van der Waals surface area contributed by atoms with Crippen molar-refractivity contribution in [1.29, 1.82) is 0 Å². The lowest BCUT2D eigenvalue weighted by molar-refractivity contribution is -0.0578. The molecule has 0 bridgehead atoms. The van der Waals surface area contributed by atoms with Gasteiger partial charge in [0.15, 0.2) is 0 Å². The predicted octanol–water partition coefficient (Wildman–Crippen LogP) is 13.4. The van der Waals surface area contributed by atoms with Crippen molar-refractivity contribution in [3.05, 3.63) is 48.6 Å². The third kappa shape index (κ3) is 27.0. The summed E-state index contributed by atoms with van der Waals surface area (Å²) < 4.78 is 12.7. The Morgan fingerprint density at radius 2 is 0.744 bits per heavy atom. The second-order valence-electron chi connectivity index (χ2n) is 13.2. The van der Waals surface area contributed by atoms with Gasteiger partial charge >= 0.3 is 0 Å². The van der Waals surface area contributed by atoms with E-state index in [1.807, 2.05) is 0 Å². The van der Waals surface area contributed by atoms with E-state index in [4.69, 9.17) is 9.47 Å². The second kappa shape index (κ2) is 32.3. The summed E-state index contributed by atoms with van der Waals surface area (Å²) in [6.45, 7) is 8.71. The van der Waals surface area contributed by atoms with E-state index in [2.05, 4.69) is 69.4 Å². The van der Waals surface area contributed by atoms with E-state index in [1.54, 1.807) is 0 Å². The zero-order valence-electron chi connectivity index (χ0n) is 29.3. The van der Waals surface area contributed by atoms with Crippen molar-refractivity contribution >= 4 is 0 Å². The third-order valence-electron chi connectivity index (χ3n) is 8.79. The van der Waals surface area contributed by atoms with Crippen LogP contribution < -0.4 is 0 Å². The first kappa shape index (κ1) is 39.9. The van der Waals surface area contributed by atoms with E-state index in [0.29, 0.717) is 12.2 Å². The molecule has 3 atom stereocenters. The van der Waals surface area contributed by atoms with Crippen molar-refractivity contribution in [3.63, 3.8) is 0 Å². The normalized spacial score (nSPS) is 19.4. The SMILES string of the molecule is CCCCC/C=C\C/C=C\CCCCCCCCO[C@@H]1C[C@@H](C)C[C@@H]1OCCCCCCC/C=C\C/C=C\CCCCC. The minimum Gasteiger partial charge on any atom is -0.376 e. The van der Waals surface area contributed by atoms with Crippen molar-refractivity contribution in [2.24, 2.45) is 5.92 Å². The zero-order chi connectivity index (χ0) is 30.9. The van der Waals surface area contributed by atoms with Crippen LogP contribution >= 0.6 is 0 Å². The van der Waals surface area contributed by atoms with Crippen LogP contribution in [0.4, 0.5) is 0 Å². The fourth-order valence-corrected chi connectivity index (χ4v) is 6.02. The summed E-state index contributed by atoms with van der Waals surface area (Å²) in [6, 6.07) is 0. The standard InChI is InChI=1S/C41H74O2/c1-4-6-8-10-12-14-16-18-20-22-24-26-28-30-32-34-36-43-41-38-39(3)37-40(41)42-35-33-31-29-27-25-23-21-19-17-15-13-11-9-7-5-2/h12-15,18-21,39-41H,4-11,16-17,22-38H2,1-3H3/b14-12-,15-13-,20-18-,21-19-/t39-,40-,41+/m0/s1. The lowest BCUT2D eigenvalue weighted by atomic mass is 10.1. The summed E-state index contributed by atoms with van der Waals surface area (Å²) in [6.07, 6.45) is 51.4. The Hall–Kier alpha value is -1.12. The zero-order valence-corrected chi connectivity index (χ0v) is 29.3. The Bertz CT molecular complexity index is 675. The lowest BCUT2D eigenvalue weighted by Crippen LogP contribution is -2.27. The van der Waals surface area contributed by atoms with E-state index in [-0.39, 0.29) is 0 Å². The summed E-state index contributed by atoms with van der Waals surface area (Å²) in [5.41, 5.74) is 0. The fourth-order valence-electron chi connectivity index (χ4n) is 6.02. The molecule has 0 radical (unpaired) electrons. The molecule has 0 aromatic rings. The van der Waals surface area contributed by atoms with Crippen LogP contribution in [-0.4, -0.2) is 25.4 Å².